The third kappa shape index (κ3) is 4.16. The van der Waals surface area contributed by atoms with Crippen LogP contribution >= 0.6 is 15.9 Å². The van der Waals surface area contributed by atoms with Gasteiger partial charge in [-0.1, -0.05) is 35.2 Å². The van der Waals surface area contributed by atoms with Crippen molar-refractivity contribution in [2.45, 2.75) is 44.6 Å². The van der Waals surface area contributed by atoms with Gasteiger partial charge in [0.15, 0.2) is 0 Å². The number of carboxylic acids is 2. The number of anilines is 2. The summed E-state index contributed by atoms with van der Waals surface area (Å²) in [5, 5.41) is 15.9. The van der Waals surface area contributed by atoms with E-state index < -0.39 is 11.9 Å². The zero-order valence-corrected chi connectivity index (χ0v) is 16.4. The normalized spacial score (nSPS) is 16.6. The fraction of sp³-hybridized carbons (Fsp3) is 0.421. The molecule has 4 N–H and O–H groups in total. The fourth-order valence-corrected chi connectivity index (χ4v) is 4.22. The first kappa shape index (κ1) is 19.4. The van der Waals surface area contributed by atoms with Gasteiger partial charge in [0.05, 0.1) is 5.52 Å². The van der Waals surface area contributed by atoms with Crippen LogP contribution in [-0.4, -0.2) is 39.7 Å². The molecule has 4 rings (SSSR count). The number of pyridine rings is 1. The van der Waals surface area contributed by atoms with Crippen LogP contribution in [0.15, 0.2) is 22.7 Å². The molecule has 1 aromatic carbocycles. The van der Waals surface area contributed by atoms with Crippen LogP contribution in [0.5, 0.6) is 0 Å². The molecule has 1 aliphatic heterocycles. The van der Waals surface area contributed by atoms with Crippen molar-refractivity contribution in [1.29, 1.82) is 0 Å². The molecule has 0 bridgehead atoms. The smallest absolute Gasteiger partial charge is 0.414 e. The fourth-order valence-electron chi connectivity index (χ4n) is 3.86. The summed E-state index contributed by atoms with van der Waals surface area (Å²) in [6.07, 6.45) is 7.74. The number of nitrogens with zero attached hydrogens (tertiary/aromatic N) is 2. The Morgan fingerprint density at radius 2 is 1.81 bits per heavy atom. The lowest BCUT2D eigenvalue weighted by molar-refractivity contribution is -0.159. The second-order valence-corrected chi connectivity index (χ2v) is 7.75. The second-order valence-electron chi connectivity index (χ2n) is 6.83. The van der Waals surface area contributed by atoms with E-state index in [1.807, 2.05) is 6.07 Å². The standard InChI is InChI=1S/C17H20BrN3.C2H2O4/c18-11-6-7-15-14(10-11)16(19)13-8-9-21(17(13)20-15)12-4-2-1-3-5-12;3-1(4)2(5)6/h6-7,10,12H,1-5,8-9H2,(H2,19,20);(H,3,4)(H,5,6). The number of rotatable bonds is 1. The van der Waals surface area contributed by atoms with Crippen molar-refractivity contribution in [1.82, 2.24) is 4.98 Å². The molecule has 1 saturated carbocycles. The number of nitrogen functional groups attached to an aromatic ring is 1. The molecule has 7 nitrogen and oxygen atoms in total. The first-order valence-electron chi connectivity index (χ1n) is 8.99. The van der Waals surface area contributed by atoms with Gasteiger partial charge in [-0.3, -0.25) is 0 Å². The average molecular weight is 436 g/mol. The van der Waals surface area contributed by atoms with Gasteiger partial charge in [-0.05, 0) is 37.5 Å². The van der Waals surface area contributed by atoms with E-state index in [1.165, 1.54) is 37.7 Å². The van der Waals surface area contributed by atoms with Gasteiger partial charge in [0, 0.05) is 33.7 Å². The second kappa shape index (κ2) is 8.12. The molecule has 2 heterocycles. The van der Waals surface area contributed by atoms with E-state index >= 15 is 0 Å². The van der Waals surface area contributed by atoms with Crippen molar-refractivity contribution in [2.75, 3.05) is 17.2 Å². The van der Waals surface area contributed by atoms with Crippen LogP contribution in [0, 0.1) is 0 Å². The lowest BCUT2D eigenvalue weighted by Crippen LogP contribution is -2.35. The summed E-state index contributed by atoms with van der Waals surface area (Å²) in [7, 11) is 0. The van der Waals surface area contributed by atoms with Gasteiger partial charge in [0.2, 0.25) is 0 Å². The van der Waals surface area contributed by atoms with Crippen LogP contribution in [0.25, 0.3) is 10.9 Å². The number of halogens is 1. The Morgan fingerprint density at radius 1 is 1.15 bits per heavy atom. The predicted molar refractivity (Wildman–Crippen MR) is 107 cm³/mol. The van der Waals surface area contributed by atoms with Crippen molar-refractivity contribution in [2.24, 2.45) is 0 Å². The van der Waals surface area contributed by atoms with Gasteiger partial charge in [-0.25, -0.2) is 14.6 Å². The molecular formula is C19H22BrN3O4. The molecule has 1 fully saturated rings. The van der Waals surface area contributed by atoms with Crippen molar-refractivity contribution in [3.63, 3.8) is 0 Å². The van der Waals surface area contributed by atoms with Gasteiger partial charge >= 0.3 is 11.9 Å². The highest BCUT2D eigenvalue weighted by atomic mass is 79.9. The Bertz CT molecular complexity index is 869. The molecule has 2 aromatic rings. The van der Waals surface area contributed by atoms with E-state index in [2.05, 4.69) is 33.0 Å². The SMILES string of the molecule is Nc1c2c(nc3ccc(Br)cc13)N(C1CCCCC1)CC2.O=C(O)C(=O)O. The summed E-state index contributed by atoms with van der Waals surface area (Å²) in [5.74, 6) is -2.50. The van der Waals surface area contributed by atoms with Gasteiger partial charge < -0.3 is 20.8 Å². The molecule has 1 aliphatic carbocycles. The number of fused-ring (bicyclic) bond motifs is 2. The minimum atomic E-state index is -1.82. The highest BCUT2D eigenvalue weighted by Gasteiger charge is 2.30. The average Bonchev–Trinajstić information content (AvgIpc) is 3.08. The summed E-state index contributed by atoms with van der Waals surface area (Å²) in [6.45, 7) is 1.08. The number of hydrogen-bond donors (Lipinski definition) is 3. The Labute approximate surface area is 165 Å². The van der Waals surface area contributed by atoms with E-state index in [-0.39, 0.29) is 0 Å². The molecule has 0 atom stereocenters. The Morgan fingerprint density at radius 3 is 2.44 bits per heavy atom. The van der Waals surface area contributed by atoms with Crippen molar-refractivity contribution in [3.8, 4) is 0 Å². The topological polar surface area (TPSA) is 117 Å². The number of benzene rings is 1. The molecule has 144 valence electrons. The summed E-state index contributed by atoms with van der Waals surface area (Å²) in [5.41, 5.74) is 9.64. The van der Waals surface area contributed by atoms with E-state index in [4.69, 9.17) is 30.5 Å². The van der Waals surface area contributed by atoms with E-state index in [0.717, 1.165) is 39.8 Å². The van der Waals surface area contributed by atoms with E-state index in [0.29, 0.717) is 6.04 Å². The largest absolute Gasteiger partial charge is 0.473 e. The van der Waals surface area contributed by atoms with Crippen molar-refractivity contribution in [3.05, 3.63) is 28.2 Å². The summed E-state index contributed by atoms with van der Waals surface area (Å²) >= 11 is 3.53. The van der Waals surface area contributed by atoms with Crippen LogP contribution in [0.2, 0.25) is 0 Å². The zero-order chi connectivity index (χ0) is 19.6. The van der Waals surface area contributed by atoms with Gasteiger partial charge in [-0.2, -0.15) is 0 Å². The summed E-state index contributed by atoms with van der Waals surface area (Å²) < 4.78 is 1.06. The van der Waals surface area contributed by atoms with Crippen LogP contribution in [0.3, 0.4) is 0 Å². The third-order valence-corrected chi connectivity index (χ3v) is 5.64. The molecule has 0 saturated heterocycles. The first-order chi connectivity index (χ1) is 12.9. The third-order valence-electron chi connectivity index (χ3n) is 5.14. The highest BCUT2D eigenvalue weighted by Crippen LogP contribution is 2.39. The Balaban J connectivity index is 0.000000307. The summed E-state index contributed by atoms with van der Waals surface area (Å²) in [6, 6.07) is 6.86. The van der Waals surface area contributed by atoms with Crippen LogP contribution < -0.4 is 10.6 Å². The lowest BCUT2D eigenvalue weighted by Gasteiger charge is -2.32. The van der Waals surface area contributed by atoms with E-state index in [9.17, 15) is 0 Å². The first-order valence-corrected chi connectivity index (χ1v) is 9.78. The molecular weight excluding hydrogens is 414 g/mol. The number of aromatic nitrogens is 1. The van der Waals surface area contributed by atoms with Gasteiger partial charge in [0.25, 0.3) is 0 Å². The number of carbonyl (C=O) groups is 2. The summed E-state index contributed by atoms with van der Waals surface area (Å²) in [4.78, 5) is 25.7. The Kier molecular flexibility index (Phi) is 5.84. The van der Waals surface area contributed by atoms with Crippen molar-refractivity contribution < 1.29 is 19.8 Å². The molecule has 0 unspecified atom stereocenters. The lowest BCUT2D eigenvalue weighted by atomic mass is 9.94. The van der Waals surface area contributed by atoms with Crippen molar-refractivity contribution >= 4 is 50.3 Å². The molecule has 1 aromatic heterocycles. The zero-order valence-electron chi connectivity index (χ0n) is 14.8. The molecule has 27 heavy (non-hydrogen) atoms. The minimum Gasteiger partial charge on any atom is -0.473 e. The maximum Gasteiger partial charge on any atom is 0.414 e. The molecule has 0 spiro atoms. The van der Waals surface area contributed by atoms with Crippen LogP contribution in [-0.2, 0) is 16.0 Å². The maximum absolute atomic E-state index is 9.10. The number of aliphatic carboxylic acids is 2. The minimum absolute atomic E-state index is 0.666. The predicted octanol–water partition coefficient (Wildman–Crippen LogP) is 3.43. The molecule has 0 radical (unpaired) electrons. The Hall–Kier alpha value is -2.35. The van der Waals surface area contributed by atoms with Crippen LogP contribution in [0.4, 0.5) is 11.5 Å². The number of hydrogen-bond acceptors (Lipinski definition) is 5. The molecule has 2 aliphatic rings. The maximum atomic E-state index is 9.10. The quantitative estimate of drug-likeness (QED) is 0.587. The highest BCUT2D eigenvalue weighted by molar-refractivity contribution is 9.10. The number of carboxylic acid groups (broad SMARTS) is 2. The molecule has 8 heteroatoms. The number of nitrogens with two attached hydrogens (primary N) is 1. The van der Waals surface area contributed by atoms with Gasteiger partial charge in [-0.15, -0.1) is 0 Å². The van der Waals surface area contributed by atoms with Gasteiger partial charge in [0.1, 0.15) is 5.82 Å². The van der Waals surface area contributed by atoms with Crippen LogP contribution in [0.1, 0.15) is 37.7 Å². The monoisotopic (exact) mass is 435 g/mol. The van der Waals surface area contributed by atoms with E-state index in [1.54, 1.807) is 0 Å². The molecule has 0 amide bonds.